The van der Waals surface area contributed by atoms with Crippen LogP contribution >= 0.6 is 0 Å². The molecule has 0 bridgehead atoms. The Morgan fingerprint density at radius 2 is 1.81 bits per heavy atom. The van der Waals surface area contributed by atoms with E-state index in [1.165, 1.54) is 0 Å². The topological polar surface area (TPSA) is 76.0 Å². The summed E-state index contributed by atoms with van der Waals surface area (Å²) in [6.07, 6.45) is 7.88. The van der Waals surface area contributed by atoms with Gasteiger partial charge in [0.15, 0.2) is 11.6 Å². The van der Waals surface area contributed by atoms with Crippen molar-refractivity contribution in [3.05, 3.63) is 0 Å². The van der Waals surface area contributed by atoms with E-state index in [2.05, 4.69) is 27.7 Å². The highest BCUT2D eigenvalue weighted by Crippen LogP contribution is 2.72. The number of rotatable bonds is 0. The fourth-order valence-corrected chi connectivity index (χ4v) is 10.0. The molecular weight excluding hydrogens is 404 g/mol. The number of ketones is 1. The standard InChI is InChI=1S/C27H42O5/c1-15-7-10-27(31-14-15)16(2)23-25(4)21(13-26(23,30)32-27)19-6-5-17-11-18(28)8-9-24(17,3)20(19)12-22(25)29/h15-21,23,28,30H,5-14H2,1-4H3/t15?,16-,17-,18-,19?,20?,21?,23?,24-,25+,26-,27+/m0/s1. The zero-order valence-electron chi connectivity index (χ0n) is 20.3. The number of aliphatic hydroxyl groups excluding tert-OH is 1. The minimum absolute atomic E-state index is 0.00672. The van der Waals surface area contributed by atoms with Gasteiger partial charge in [-0.05, 0) is 73.5 Å². The predicted octanol–water partition coefficient (Wildman–Crippen LogP) is 4.29. The van der Waals surface area contributed by atoms with E-state index in [-0.39, 0.29) is 29.3 Å². The molecule has 0 aromatic carbocycles. The summed E-state index contributed by atoms with van der Waals surface area (Å²) in [5, 5.41) is 22.2. The fraction of sp³-hybridized carbons (Fsp3) is 0.963. The van der Waals surface area contributed by atoms with Crippen LogP contribution in [0, 0.1) is 52.3 Å². The van der Waals surface area contributed by atoms with Gasteiger partial charge in [0.2, 0.25) is 0 Å². The summed E-state index contributed by atoms with van der Waals surface area (Å²) < 4.78 is 12.8. The highest BCUT2D eigenvalue weighted by molar-refractivity contribution is 5.87. The van der Waals surface area contributed by atoms with Crippen molar-refractivity contribution >= 4 is 5.78 Å². The van der Waals surface area contributed by atoms with Gasteiger partial charge in [-0.25, -0.2) is 0 Å². The Balaban J connectivity index is 1.34. The molecule has 4 saturated carbocycles. The van der Waals surface area contributed by atoms with Gasteiger partial charge in [-0.3, -0.25) is 4.79 Å². The first-order valence-corrected chi connectivity index (χ1v) is 13.3. The van der Waals surface area contributed by atoms with Crippen LogP contribution in [0.2, 0.25) is 0 Å². The van der Waals surface area contributed by atoms with Crippen LogP contribution in [0.4, 0.5) is 0 Å². The molecule has 0 amide bonds. The molecule has 5 unspecified atom stereocenters. The third kappa shape index (κ3) is 2.63. The number of carbonyl (C=O) groups is 1. The van der Waals surface area contributed by atoms with Gasteiger partial charge < -0.3 is 19.7 Å². The van der Waals surface area contributed by atoms with Gasteiger partial charge in [0, 0.05) is 36.5 Å². The number of aliphatic hydroxyl groups is 2. The molecule has 0 aromatic heterocycles. The maximum Gasteiger partial charge on any atom is 0.174 e. The first-order valence-electron chi connectivity index (χ1n) is 13.3. The minimum Gasteiger partial charge on any atom is -0.393 e. The Morgan fingerprint density at radius 3 is 2.53 bits per heavy atom. The van der Waals surface area contributed by atoms with Crippen LogP contribution < -0.4 is 0 Å². The largest absolute Gasteiger partial charge is 0.393 e. The number of ether oxygens (including phenoxy) is 2. The smallest absolute Gasteiger partial charge is 0.174 e. The first kappa shape index (κ1) is 22.0. The van der Waals surface area contributed by atoms with Gasteiger partial charge in [-0.15, -0.1) is 0 Å². The van der Waals surface area contributed by atoms with Gasteiger partial charge >= 0.3 is 0 Å². The molecule has 32 heavy (non-hydrogen) atoms. The summed E-state index contributed by atoms with van der Waals surface area (Å²) in [7, 11) is 0. The van der Waals surface area contributed by atoms with E-state index in [0.717, 1.165) is 44.9 Å². The van der Waals surface area contributed by atoms with E-state index >= 15 is 0 Å². The Bertz CT molecular complexity index is 804. The van der Waals surface area contributed by atoms with Crippen molar-refractivity contribution in [1.29, 1.82) is 0 Å². The molecule has 2 N–H and O–H groups in total. The van der Waals surface area contributed by atoms with Crippen LogP contribution in [0.5, 0.6) is 0 Å². The monoisotopic (exact) mass is 446 g/mol. The van der Waals surface area contributed by atoms with E-state index in [1.54, 1.807) is 0 Å². The van der Waals surface area contributed by atoms with Crippen LogP contribution in [-0.4, -0.2) is 40.3 Å². The SMILES string of the molecule is CC1CC[C@@]2(OC1)O[C@@]1(O)CC3C4CC[C@H]5C[C@@H](O)CC[C@]5(C)C4CC(=O)[C@]3(C)C1[C@@H]2C. The van der Waals surface area contributed by atoms with Crippen molar-refractivity contribution in [1.82, 2.24) is 0 Å². The molecule has 5 heteroatoms. The molecule has 5 nitrogen and oxygen atoms in total. The summed E-state index contributed by atoms with van der Waals surface area (Å²) in [4.78, 5) is 14.0. The number of hydrogen-bond donors (Lipinski definition) is 2. The highest BCUT2D eigenvalue weighted by atomic mass is 16.8. The Labute approximate surface area is 192 Å². The third-order valence-corrected chi connectivity index (χ3v) is 11.8. The minimum atomic E-state index is -1.26. The Morgan fingerprint density at radius 1 is 1.03 bits per heavy atom. The van der Waals surface area contributed by atoms with Crippen molar-refractivity contribution in [2.45, 2.75) is 103 Å². The molecule has 0 radical (unpaired) electrons. The summed E-state index contributed by atoms with van der Waals surface area (Å²) in [5.74, 6) is 0.199. The second kappa shape index (κ2) is 6.80. The van der Waals surface area contributed by atoms with E-state index in [1.807, 2.05) is 0 Å². The van der Waals surface area contributed by atoms with Gasteiger partial charge in [0.1, 0.15) is 5.78 Å². The fourth-order valence-electron chi connectivity index (χ4n) is 10.0. The summed E-state index contributed by atoms with van der Waals surface area (Å²) >= 11 is 0. The van der Waals surface area contributed by atoms with E-state index < -0.39 is 17.0 Å². The summed E-state index contributed by atoms with van der Waals surface area (Å²) in [5.41, 5.74) is -0.404. The number of hydrogen-bond acceptors (Lipinski definition) is 5. The molecule has 6 fully saturated rings. The normalized spacial score (nSPS) is 61.8. The number of carbonyl (C=O) groups excluding carboxylic acids is 1. The summed E-state index contributed by atoms with van der Waals surface area (Å²) in [6.45, 7) is 9.57. The molecule has 6 aliphatic rings. The molecule has 2 saturated heterocycles. The molecule has 4 aliphatic carbocycles. The lowest BCUT2D eigenvalue weighted by Crippen LogP contribution is -2.58. The van der Waals surface area contributed by atoms with E-state index in [4.69, 9.17) is 9.47 Å². The second-order valence-corrected chi connectivity index (χ2v) is 13.2. The molecule has 2 aliphatic heterocycles. The molecule has 180 valence electrons. The zero-order valence-corrected chi connectivity index (χ0v) is 20.3. The van der Waals surface area contributed by atoms with Crippen molar-refractivity contribution in [3.63, 3.8) is 0 Å². The molecule has 0 aromatic rings. The first-order chi connectivity index (χ1) is 15.0. The lowest BCUT2D eigenvalue weighted by Gasteiger charge is -2.60. The third-order valence-electron chi connectivity index (χ3n) is 11.8. The Kier molecular flexibility index (Phi) is 4.68. The van der Waals surface area contributed by atoms with Gasteiger partial charge in [-0.1, -0.05) is 27.7 Å². The van der Waals surface area contributed by atoms with E-state index in [9.17, 15) is 15.0 Å². The van der Waals surface area contributed by atoms with Crippen molar-refractivity contribution in [2.24, 2.45) is 52.3 Å². The molecule has 6 rings (SSSR count). The maximum atomic E-state index is 14.0. The molecule has 1 spiro atoms. The molecule has 2 heterocycles. The van der Waals surface area contributed by atoms with Crippen molar-refractivity contribution in [2.75, 3.05) is 6.61 Å². The predicted molar refractivity (Wildman–Crippen MR) is 119 cm³/mol. The van der Waals surface area contributed by atoms with Crippen molar-refractivity contribution < 1.29 is 24.5 Å². The molecule has 12 atom stereocenters. The highest BCUT2D eigenvalue weighted by Gasteiger charge is 2.76. The maximum absolute atomic E-state index is 14.0. The van der Waals surface area contributed by atoms with Crippen LogP contribution in [-0.2, 0) is 14.3 Å². The van der Waals surface area contributed by atoms with E-state index in [0.29, 0.717) is 48.9 Å². The van der Waals surface area contributed by atoms with Gasteiger partial charge in [0.05, 0.1) is 12.7 Å². The number of Topliss-reactive ketones (excluding diaryl/α,β-unsaturated/α-hetero) is 1. The van der Waals surface area contributed by atoms with Crippen molar-refractivity contribution in [3.8, 4) is 0 Å². The van der Waals surface area contributed by atoms with Crippen LogP contribution in [0.25, 0.3) is 0 Å². The average molecular weight is 447 g/mol. The average Bonchev–Trinajstić information content (AvgIpc) is 3.11. The molecular formula is C27H42O5. The van der Waals surface area contributed by atoms with Crippen LogP contribution in [0.3, 0.4) is 0 Å². The van der Waals surface area contributed by atoms with Crippen LogP contribution in [0.1, 0.15) is 85.5 Å². The second-order valence-electron chi connectivity index (χ2n) is 13.2. The zero-order chi connectivity index (χ0) is 22.7. The summed E-state index contributed by atoms with van der Waals surface area (Å²) in [6, 6.07) is 0. The quantitative estimate of drug-likeness (QED) is 0.580. The number of fused-ring (bicyclic) bond motifs is 7. The lowest BCUT2D eigenvalue weighted by atomic mass is 9.44. The van der Waals surface area contributed by atoms with Gasteiger partial charge in [-0.2, -0.15) is 0 Å². The lowest BCUT2D eigenvalue weighted by molar-refractivity contribution is -0.331. The van der Waals surface area contributed by atoms with Crippen LogP contribution in [0.15, 0.2) is 0 Å². The van der Waals surface area contributed by atoms with Gasteiger partial charge in [0.25, 0.3) is 0 Å². The Hall–Kier alpha value is -0.490.